The van der Waals surface area contributed by atoms with E-state index in [9.17, 15) is 14.8 Å². The van der Waals surface area contributed by atoms with Gasteiger partial charge in [0.2, 0.25) is 0 Å². The molecule has 6 heteroatoms. The number of aromatic nitrogens is 1. The van der Waals surface area contributed by atoms with Gasteiger partial charge in [-0.25, -0.2) is 0 Å². The number of piperidine rings is 1. The summed E-state index contributed by atoms with van der Waals surface area (Å²) in [7, 11) is 1.59. The number of amides is 1. The van der Waals surface area contributed by atoms with Crippen LogP contribution in [-0.4, -0.2) is 36.8 Å². The summed E-state index contributed by atoms with van der Waals surface area (Å²) >= 11 is 0. The number of methoxy groups -OCH3 is 1. The molecule has 0 radical (unpaired) electrons. The predicted molar refractivity (Wildman–Crippen MR) is 91.4 cm³/mol. The fourth-order valence-corrected chi connectivity index (χ4v) is 3.10. The van der Waals surface area contributed by atoms with Gasteiger partial charge in [-0.3, -0.25) is 9.59 Å². The molecular formula is C19H20N2O4. The summed E-state index contributed by atoms with van der Waals surface area (Å²) in [4.78, 5) is 26.7. The van der Waals surface area contributed by atoms with E-state index in [2.05, 4.69) is 0 Å². The van der Waals surface area contributed by atoms with E-state index in [0.29, 0.717) is 41.8 Å². The smallest absolute Gasteiger partial charge is 0.259 e. The van der Waals surface area contributed by atoms with Gasteiger partial charge in [-0.15, -0.1) is 0 Å². The number of hydrogen-bond donors (Lipinski definition) is 0. The molecule has 1 amide bonds. The van der Waals surface area contributed by atoms with Gasteiger partial charge in [-0.2, -0.15) is 4.73 Å². The van der Waals surface area contributed by atoms with Crippen LogP contribution in [0.5, 0.6) is 5.75 Å². The normalized spacial score (nSPS) is 15.0. The molecular weight excluding hydrogens is 320 g/mol. The molecule has 2 heterocycles. The van der Waals surface area contributed by atoms with Crippen molar-refractivity contribution in [1.29, 1.82) is 0 Å². The Hall–Kier alpha value is -2.89. The number of Topliss-reactive ketones (excluding diaryl/α,β-unsaturated/α-hetero) is 1. The van der Waals surface area contributed by atoms with E-state index < -0.39 is 0 Å². The fourth-order valence-electron chi connectivity index (χ4n) is 3.10. The van der Waals surface area contributed by atoms with Crippen molar-refractivity contribution >= 4 is 11.7 Å². The molecule has 0 atom stereocenters. The van der Waals surface area contributed by atoms with Gasteiger partial charge in [-0.1, -0.05) is 0 Å². The number of benzene rings is 1. The molecule has 0 N–H and O–H groups in total. The van der Waals surface area contributed by atoms with Crippen molar-refractivity contribution in [3.05, 3.63) is 65.1 Å². The van der Waals surface area contributed by atoms with Gasteiger partial charge in [-0.05, 0) is 43.2 Å². The Labute approximate surface area is 146 Å². The van der Waals surface area contributed by atoms with Crippen LogP contribution in [-0.2, 0) is 0 Å². The van der Waals surface area contributed by atoms with E-state index in [0.717, 1.165) is 5.75 Å². The number of hydrogen-bond acceptors (Lipinski definition) is 4. The molecule has 1 aliphatic rings. The van der Waals surface area contributed by atoms with E-state index >= 15 is 0 Å². The Balaban J connectivity index is 1.61. The quantitative estimate of drug-likeness (QED) is 0.485. The first kappa shape index (κ1) is 17.0. The molecule has 1 saturated heterocycles. The molecule has 0 spiro atoms. The number of likely N-dealkylation sites (tertiary alicyclic amines) is 1. The van der Waals surface area contributed by atoms with Crippen molar-refractivity contribution in [2.45, 2.75) is 12.8 Å². The second-order valence-corrected chi connectivity index (χ2v) is 6.11. The Morgan fingerprint density at radius 2 is 1.80 bits per heavy atom. The number of ketones is 1. The molecule has 2 aromatic rings. The topological polar surface area (TPSA) is 73.5 Å². The van der Waals surface area contributed by atoms with Crippen molar-refractivity contribution in [3.8, 4) is 5.75 Å². The average Bonchev–Trinajstić information content (AvgIpc) is 2.67. The summed E-state index contributed by atoms with van der Waals surface area (Å²) in [6.45, 7) is 1.03. The zero-order valence-electron chi connectivity index (χ0n) is 14.1. The summed E-state index contributed by atoms with van der Waals surface area (Å²) in [5.74, 6) is 0.570. The molecule has 3 rings (SSSR count). The highest BCUT2D eigenvalue weighted by Crippen LogP contribution is 2.24. The Morgan fingerprint density at radius 3 is 2.40 bits per heavy atom. The van der Waals surface area contributed by atoms with Crippen molar-refractivity contribution < 1.29 is 19.1 Å². The van der Waals surface area contributed by atoms with Gasteiger partial charge in [0.25, 0.3) is 5.91 Å². The number of rotatable bonds is 4. The van der Waals surface area contributed by atoms with Crippen LogP contribution in [0.15, 0.2) is 48.8 Å². The zero-order chi connectivity index (χ0) is 17.8. The number of pyridine rings is 1. The lowest BCUT2D eigenvalue weighted by Crippen LogP contribution is -2.41. The molecule has 25 heavy (non-hydrogen) atoms. The summed E-state index contributed by atoms with van der Waals surface area (Å²) < 4.78 is 5.72. The van der Waals surface area contributed by atoms with Crippen molar-refractivity contribution in [1.82, 2.24) is 4.90 Å². The van der Waals surface area contributed by atoms with Gasteiger partial charge < -0.3 is 14.8 Å². The molecule has 6 nitrogen and oxygen atoms in total. The lowest BCUT2D eigenvalue weighted by atomic mass is 9.88. The van der Waals surface area contributed by atoms with Gasteiger partial charge >= 0.3 is 0 Å². The molecule has 0 aliphatic carbocycles. The van der Waals surface area contributed by atoms with Gasteiger partial charge in [0.05, 0.1) is 7.11 Å². The average molecular weight is 340 g/mol. The van der Waals surface area contributed by atoms with Gasteiger partial charge in [0.15, 0.2) is 18.2 Å². The number of carbonyl (C=O) groups excluding carboxylic acids is 2. The Kier molecular flexibility index (Phi) is 4.97. The van der Waals surface area contributed by atoms with E-state index in [4.69, 9.17) is 4.74 Å². The number of nitrogens with zero attached hydrogens (tertiary/aromatic N) is 2. The largest absolute Gasteiger partial charge is 0.619 e. The second-order valence-electron chi connectivity index (χ2n) is 6.11. The maximum atomic E-state index is 12.6. The van der Waals surface area contributed by atoms with Gasteiger partial charge in [0, 0.05) is 30.6 Å². The predicted octanol–water partition coefficient (Wildman–Crippen LogP) is 2.06. The minimum atomic E-state index is -0.166. The van der Waals surface area contributed by atoms with E-state index in [1.54, 1.807) is 48.4 Å². The Bertz CT molecular complexity index is 765. The van der Waals surface area contributed by atoms with Gasteiger partial charge in [0.1, 0.15) is 11.3 Å². The van der Waals surface area contributed by atoms with Crippen LogP contribution in [0.25, 0.3) is 0 Å². The van der Waals surface area contributed by atoms with Crippen LogP contribution in [0, 0.1) is 11.1 Å². The third-order valence-electron chi connectivity index (χ3n) is 4.55. The van der Waals surface area contributed by atoms with Crippen LogP contribution >= 0.6 is 0 Å². The first-order chi connectivity index (χ1) is 12.1. The zero-order valence-corrected chi connectivity index (χ0v) is 14.1. The van der Waals surface area contributed by atoms with Crippen molar-refractivity contribution in [2.75, 3.05) is 20.2 Å². The minimum absolute atomic E-state index is 0.0855. The van der Waals surface area contributed by atoms with E-state index in [-0.39, 0.29) is 17.6 Å². The molecule has 130 valence electrons. The Morgan fingerprint density at radius 1 is 1.12 bits per heavy atom. The molecule has 0 unspecified atom stereocenters. The first-order valence-electron chi connectivity index (χ1n) is 8.25. The SMILES string of the molecule is COc1ccc(C(=O)C2CCN(C(=O)c3ccc[n+]([O-])c3)CC2)cc1. The maximum absolute atomic E-state index is 12.6. The summed E-state index contributed by atoms with van der Waals surface area (Å²) in [6, 6.07) is 10.3. The molecule has 1 aromatic heterocycles. The third kappa shape index (κ3) is 3.79. The maximum Gasteiger partial charge on any atom is 0.259 e. The molecule has 1 aliphatic heterocycles. The highest BCUT2D eigenvalue weighted by Gasteiger charge is 2.29. The molecule has 1 fully saturated rings. The lowest BCUT2D eigenvalue weighted by Gasteiger charge is -2.31. The molecule has 0 bridgehead atoms. The van der Waals surface area contributed by atoms with Crippen LogP contribution in [0.2, 0.25) is 0 Å². The molecule has 1 aromatic carbocycles. The third-order valence-corrected chi connectivity index (χ3v) is 4.55. The summed E-state index contributed by atoms with van der Waals surface area (Å²) in [6.07, 6.45) is 3.87. The van der Waals surface area contributed by atoms with E-state index in [1.165, 1.54) is 12.4 Å². The van der Waals surface area contributed by atoms with E-state index in [1.807, 2.05) is 0 Å². The molecule has 0 saturated carbocycles. The lowest BCUT2D eigenvalue weighted by molar-refractivity contribution is -0.605. The van der Waals surface area contributed by atoms with Crippen LogP contribution in [0.1, 0.15) is 33.6 Å². The summed E-state index contributed by atoms with van der Waals surface area (Å²) in [5, 5.41) is 11.3. The summed E-state index contributed by atoms with van der Waals surface area (Å²) in [5.41, 5.74) is 1.04. The fraction of sp³-hybridized carbons (Fsp3) is 0.316. The highest BCUT2D eigenvalue weighted by molar-refractivity contribution is 5.98. The number of ether oxygens (including phenoxy) is 1. The second kappa shape index (κ2) is 7.34. The van der Waals surface area contributed by atoms with Crippen LogP contribution < -0.4 is 9.47 Å². The van der Waals surface area contributed by atoms with Crippen LogP contribution in [0.4, 0.5) is 0 Å². The van der Waals surface area contributed by atoms with Crippen molar-refractivity contribution in [3.63, 3.8) is 0 Å². The first-order valence-corrected chi connectivity index (χ1v) is 8.25. The van der Waals surface area contributed by atoms with Crippen LogP contribution in [0.3, 0.4) is 0 Å². The highest BCUT2D eigenvalue weighted by atomic mass is 16.5. The standard InChI is InChI=1S/C19H20N2O4/c1-25-17-6-4-14(5-7-17)18(22)15-8-11-20(12-9-15)19(23)16-3-2-10-21(24)13-16/h2-7,10,13,15H,8-9,11-12H2,1H3. The minimum Gasteiger partial charge on any atom is -0.619 e. The van der Waals surface area contributed by atoms with Crippen molar-refractivity contribution in [2.24, 2.45) is 5.92 Å². The monoisotopic (exact) mass is 340 g/mol. The number of carbonyl (C=O) groups is 2.